The minimum atomic E-state index is -0.889. The first kappa shape index (κ1) is 24.7. The number of amides is 2. The average molecular weight is 489 g/mol. The Balaban J connectivity index is 1.28. The van der Waals surface area contributed by atoms with Crippen molar-refractivity contribution in [2.45, 2.75) is 37.4 Å². The summed E-state index contributed by atoms with van der Waals surface area (Å²) in [4.78, 5) is 14.2. The van der Waals surface area contributed by atoms with Gasteiger partial charge in [0.05, 0.1) is 12.2 Å². The maximum Gasteiger partial charge on any atom is 0.324 e. The van der Waals surface area contributed by atoms with E-state index < -0.39 is 11.6 Å². The first-order valence-corrected chi connectivity index (χ1v) is 11.4. The topological polar surface area (TPSA) is 118 Å². The molecular formula is C24H30F2N6O3. The van der Waals surface area contributed by atoms with Gasteiger partial charge < -0.3 is 20.2 Å². The Morgan fingerprint density at radius 1 is 1.23 bits per heavy atom. The number of hydrazine groups is 1. The summed E-state index contributed by atoms with van der Waals surface area (Å²) in [5.74, 6) is 10.1. The summed E-state index contributed by atoms with van der Waals surface area (Å²) >= 11 is 0. The smallest absolute Gasteiger partial charge is 0.324 e. The third kappa shape index (κ3) is 5.80. The molecule has 0 unspecified atom stereocenters. The number of nitrogens with zero attached hydrogens (tertiary/aromatic N) is 3. The lowest BCUT2D eigenvalue weighted by molar-refractivity contribution is -0.0360. The predicted molar refractivity (Wildman–Crippen MR) is 126 cm³/mol. The number of hydrogen-bond acceptors (Lipinski definition) is 6. The van der Waals surface area contributed by atoms with Gasteiger partial charge in [-0.05, 0) is 54.7 Å². The molecule has 2 saturated heterocycles. The van der Waals surface area contributed by atoms with E-state index in [9.17, 15) is 13.6 Å². The number of ether oxygens (including phenoxy) is 2. The van der Waals surface area contributed by atoms with Gasteiger partial charge in [0.2, 0.25) is 5.96 Å². The summed E-state index contributed by atoms with van der Waals surface area (Å²) in [5, 5.41) is 7.22. The number of piperidine rings is 1. The minimum absolute atomic E-state index is 0.0877. The normalized spacial score (nSPS) is 19.6. The van der Waals surface area contributed by atoms with Crippen LogP contribution in [0.3, 0.4) is 0 Å². The standard InChI is InChI=1S/C24H30F2N6O3/c1-31(28)22(30-27)29-23(33)32-10-8-24(9-11-32)13-18(15-35-24)17-3-5-19(6-4-17)34-14-16-2-7-20(25)21(26)12-16/h2-7,12,18H,8-11,13-15,27-28H2,1H3,(H,29,30,33)/t18-/m1/s1. The number of hydrazone groups is 1. The van der Waals surface area contributed by atoms with Crippen molar-refractivity contribution in [3.05, 3.63) is 65.2 Å². The van der Waals surface area contributed by atoms with E-state index in [2.05, 4.69) is 10.4 Å². The fourth-order valence-corrected chi connectivity index (χ4v) is 4.54. The zero-order valence-corrected chi connectivity index (χ0v) is 19.5. The SMILES string of the molecule is CN(N)/C(=N\N)NC(=O)N1CCC2(CC1)C[C@@H](c1ccc(OCc3ccc(F)c(F)c3)cc1)CO2. The number of hydrogen-bond donors (Lipinski definition) is 3. The van der Waals surface area contributed by atoms with E-state index in [-0.39, 0.29) is 30.1 Å². The van der Waals surface area contributed by atoms with E-state index in [1.165, 1.54) is 13.1 Å². The van der Waals surface area contributed by atoms with Crippen LogP contribution in [0.25, 0.3) is 0 Å². The molecule has 0 bridgehead atoms. The summed E-state index contributed by atoms with van der Waals surface area (Å²) in [5.41, 5.74) is 1.45. The lowest BCUT2D eigenvalue weighted by Crippen LogP contribution is -2.54. The molecule has 0 saturated carbocycles. The van der Waals surface area contributed by atoms with E-state index in [0.717, 1.165) is 42.0 Å². The molecule has 2 aliphatic heterocycles. The zero-order valence-electron chi connectivity index (χ0n) is 19.5. The molecule has 5 N–H and O–H groups in total. The zero-order chi connectivity index (χ0) is 25.0. The van der Waals surface area contributed by atoms with Crippen LogP contribution in [0.1, 0.15) is 36.3 Å². The van der Waals surface area contributed by atoms with Crippen molar-refractivity contribution in [2.75, 3.05) is 26.7 Å². The number of carbonyl (C=O) groups is 1. The first-order valence-electron chi connectivity index (χ1n) is 11.4. The lowest BCUT2D eigenvalue weighted by Gasteiger charge is -2.38. The first-order chi connectivity index (χ1) is 16.8. The molecule has 2 aromatic carbocycles. The van der Waals surface area contributed by atoms with Crippen LogP contribution in [-0.2, 0) is 11.3 Å². The number of nitrogens with one attached hydrogen (secondary N) is 1. The minimum Gasteiger partial charge on any atom is -0.489 e. The van der Waals surface area contributed by atoms with Crippen LogP contribution < -0.4 is 21.7 Å². The third-order valence-corrected chi connectivity index (χ3v) is 6.59. The molecular weight excluding hydrogens is 458 g/mol. The van der Waals surface area contributed by atoms with Crippen LogP contribution in [0.4, 0.5) is 13.6 Å². The summed E-state index contributed by atoms with van der Waals surface area (Å²) in [6.45, 7) is 1.88. The maximum absolute atomic E-state index is 13.4. The highest BCUT2D eigenvalue weighted by Gasteiger charge is 2.43. The molecule has 35 heavy (non-hydrogen) atoms. The average Bonchev–Trinajstić information content (AvgIpc) is 3.27. The van der Waals surface area contributed by atoms with E-state index in [1.807, 2.05) is 24.3 Å². The van der Waals surface area contributed by atoms with E-state index in [0.29, 0.717) is 31.0 Å². The van der Waals surface area contributed by atoms with Gasteiger partial charge in [-0.25, -0.2) is 19.4 Å². The van der Waals surface area contributed by atoms with Gasteiger partial charge in [0.1, 0.15) is 12.4 Å². The second kappa shape index (κ2) is 10.4. The van der Waals surface area contributed by atoms with Crippen molar-refractivity contribution in [1.82, 2.24) is 15.2 Å². The number of nitrogens with two attached hydrogens (primary N) is 2. The number of urea groups is 1. The summed E-state index contributed by atoms with van der Waals surface area (Å²) in [7, 11) is 1.54. The van der Waals surface area contributed by atoms with Crippen LogP contribution in [0.15, 0.2) is 47.6 Å². The van der Waals surface area contributed by atoms with E-state index >= 15 is 0 Å². The molecule has 2 aliphatic rings. The van der Waals surface area contributed by atoms with Gasteiger partial charge in [-0.15, -0.1) is 5.10 Å². The molecule has 4 rings (SSSR count). The molecule has 1 atom stereocenters. The highest BCUT2D eigenvalue weighted by Crippen LogP contribution is 2.43. The lowest BCUT2D eigenvalue weighted by atomic mass is 9.83. The summed E-state index contributed by atoms with van der Waals surface area (Å²) in [6, 6.07) is 11.2. The molecule has 2 fully saturated rings. The molecule has 11 heteroatoms. The number of rotatable bonds is 4. The van der Waals surface area contributed by atoms with Crippen molar-refractivity contribution in [3.8, 4) is 5.75 Å². The maximum atomic E-state index is 13.4. The molecule has 0 aliphatic carbocycles. The van der Waals surface area contributed by atoms with Gasteiger partial charge in [0.15, 0.2) is 11.6 Å². The van der Waals surface area contributed by atoms with Crippen molar-refractivity contribution >= 4 is 12.0 Å². The molecule has 9 nitrogen and oxygen atoms in total. The van der Waals surface area contributed by atoms with Crippen molar-refractivity contribution < 1.29 is 23.0 Å². The van der Waals surface area contributed by atoms with Crippen LogP contribution in [0.5, 0.6) is 5.75 Å². The molecule has 1 spiro atoms. The second-order valence-corrected chi connectivity index (χ2v) is 8.98. The Bertz CT molecular complexity index is 1070. The molecule has 0 radical (unpaired) electrons. The molecule has 2 heterocycles. The number of halogens is 2. The van der Waals surface area contributed by atoms with Crippen molar-refractivity contribution in [3.63, 3.8) is 0 Å². The van der Waals surface area contributed by atoms with Crippen LogP contribution in [-0.4, -0.2) is 54.2 Å². The van der Waals surface area contributed by atoms with Gasteiger partial charge in [0.25, 0.3) is 0 Å². The van der Waals surface area contributed by atoms with Crippen molar-refractivity contribution in [1.29, 1.82) is 0 Å². The van der Waals surface area contributed by atoms with Crippen molar-refractivity contribution in [2.24, 2.45) is 16.8 Å². The van der Waals surface area contributed by atoms with Gasteiger partial charge in [-0.3, -0.25) is 10.3 Å². The quantitative estimate of drug-likeness (QED) is 0.264. The fraction of sp³-hybridized carbons (Fsp3) is 0.417. The predicted octanol–water partition coefficient (Wildman–Crippen LogP) is 2.63. The summed E-state index contributed by atoms with van der Waals surface area (Å²) in [6.07, 6.45) is 2.35. The Labute approximate surface area is 202 Å². The number of guanidine groups is 1. The molecule has 0 aromatic heterocycles. The highest BCUT2D eigenvalue weighted by atomic mass is 19.2. The highest BCUT2D eigenvalue weighted by molar-refractivity contribution is 5.95. The molecule has 188 valence electrons. The van der Waals surface area contributed by atoms with Gasteiger partial charge in [-0.1, -0.05) is 18.2 Å². The second-order valence-electron chi connectivity index (χ2n) is 8.98. The van der Waals surface area contributed by atoms with Crippen LogP contribution in [0, 0.1) is 11.6 Å². The van der Waals surface area contributed by atoms with Gasteiger partial charge >= 0.3 is 6.03 Å². The number of likely N-dealkylation sites (tertiary alicyclic amines) is 1. The Morgan fingerprint density at radius 3 is 2.57 bits per heavy atom. The number of carbonyl (C=O) groups excluding carboxylic acids is 1. The fourth-order valence-electron chi connectivity index (χ4n) is 4.54. The monoisotopic (exact) mass is 488 g/mol. The van der Waals surface area contributed by atoms with Crippen LogP contribution >= 0.6 is 0 Å². The van der Waals surface area contributed by atoms with E-state index in [1.54, 1.807) is 4.90 Å². The van der Waals surface area contributed by atoms with Crippen LogP contribution in [0.2, 0.25) is 0 Å². The molecule has 2 aromatic rings. The largest absolute Gasteiger partial charge is 0.489 e. The Morgan fingerprint density at radius 2 is 1.94 bits per heavy atom. The third-order valence-electron chi connectivity index (χ3n) is 6.59. The molecule has 2 amide bonds. The van der Waals surface area contributed by atoms with Gasteiger partial charge in [-0.2, -0.15) is 0 Å². The van der Waals surface area contributed by atoms with E-state index in [4.69, 9.17) is 21.2 Å². The Kier molecular flexibility index (Phi) is 7.37. The Hall–Kier alpha value is -3.44. The van der Waals surface area contributed by atoms with Gasteiger partial charge in [0, 0.05) is 26.1 Å². The summed E-state index contributed by atoms with van der Waals surface area (Å²) < 4.78 is 38.4. The number of benzene rings is 2.